The van der Waals surface area contributed by atoms with Crippen molar-refractivity contribution in [1.82, 2.24) is 9.88 Å². The molecule has 7 heteroatoms. The highest BCUT2D eigenvalue weighted by atomic mass is 16.4. The van der Waals surface area contributed by atoms with E-state index in [1.807, 2.05) is 4.90 Å². The summed E-state index contributed by atoms with van der Waals surface area (Å²) in [5.74, 6) is 1.45. The van der Waals surface area contributed by atoms with Crippen molar-refractivity contribution >= 4 is 23.4 Å². The van der Waals surface area contributed by atoms with Crippen LogP contribution in [0.3, 0.4) is 0 Å². The summed E-state index contributed by atoms with van der Waals surface area (Å²) < 4.78 is 0. The first-order chi connectivity index (χ1) is 17.5. The summed E-state index contributed by atoms with van der Waals surface area (Å²) in [6, 6.07) is 12.8. The zero-order valence-electron chi connectivity index (χ0n) is 21.1. The van der Waals surface area contributed by atoms with E-state index in [4.69, 9.17) is 10.1 Å². The minimum atomic E-state index is -0.712. The van der Waals surface area contributed by atoms with Gasteiger partial charge in [-0.1, -0.05) is 24.3 Å². The highest BCUT2D eigenvalue weighted by molar-refractivity contribution is 5.76. The van der Waals surface area contributed by atoms with E-state index >= 15 is 0 Å². The van der Waals surface area contributed by atoms with Crippen LogP contribution in [0.2, 0.25) is 0 Å². The summed E-state index contributed by atoms with van der Waals surface area (Å²) in [5.41, 5.74) is 4.91. The van der Waals surface area contributed by atoms with Gasteiger partial charge in [-0.15, -0.1) is 0 Å². The Balaban J connectivity index is 1.11. The smallest absolute Gasteiger partial charge is 0.303 e. The molecule has 192 valence electrons. The van der Waals surface area contributed by atoms with Crippen molar-refractivity contribution < 1.29 is 14.7 Å². The number of anilines is 2. The quantitative estimate of drug-likeness (QED) is 0.578. The number of carboxylic acids is 1. The van der Waals surface area contributed by atoms with Crippen molar-refractivity contribution in [2.24, 2.45) is 11.8 Å². The van der Waals surface area contributed by atoms with Crippen LogP contribution in [-0.2, 0) is 28.9 Å². The number of nitrogens with zero attached hydrogens (tertiary/aromatic N) is 3. The topological polar surface area (TPSA) is 85.8 Å². The maximum Gasteiger partial charge on any atom is 0.303 e. The molecule has 36 heavy (non-hydrogen) atoms. The van der Waals surface area contributed by atoms with Crippen LogP contribution in [0.15, 0.2) is 36.4 Å². The van der Waals surface area contributed by atoms with Gasteiger partial charge in [-0.25, -0.2) is 4.98 Å². The Morgan fingerprint density at radius 3 is 2.69 bits per heavy atom. The zero-order valence-corrected chi connectivity index (χ0v) is 21.1. The molecule has 0 bridgehead atoms. The van der Waals surface area contributed by atoms with Gasteiger partial charge >= 0.3 is 5.97 Å². The van der Waals surface area contributed by atoms with E-state index in [0.717, 1.165) is 82.8 Å². The van der Waals surface area contributed by atoms with Gasteiger partial charge in [-0.05, 0) is 80.0 Å². The monoisotopic (exact) mass is 490 g/mol. The SMILES string of the molecule is O=C(O)CCC1Cc2ccccc2N(CC2CCN(C(=O)CCc3ccc4c(n3)NCCC4)CC2)C1. The number of aromatic nitrogens is 1. The van der Waals surface area contributed by atoms with Crippen molar-refractivity contribution in [1.29, 1.82) is 0 Å². The van der Waals surface area contributed by atoms with Gasteiger partial charge in [-0.3, -0.25) is 9.59 Å². The molecule has 0 radical (unpaired) electrons. The van der Waals surface area contributed by atoms with Crippen LogP contribution >= 0.6 is 0 Å². The normalized spacial score (nSPS) is 19.8. The Labute approximate surface area is 213 Å². The van der Waals surface area contributed by atoms with Gasteiger partial charge in [0.2, 0.25) is 5.91 Å². The Bertz CT molecular complexity index is 1080. The van der Waals surface area contributed by atoms with E-state index in [-0.39, 0.29) is 12.3 Å². The fourth-order valence-electron chi connectivity index (χ4n) is 6.05. The largest absolute Gasteiger partial charge is 0.481 e. The average Bonchev–Trinajstić information content (AvgIpc) is 2.91. The molecule has 1 aromatic heterocycles. The zero-order chi connectivity index (χ0) is 24.9. The summed E-state index contributed by atoms with van der Waals surface area (Å²) in [6.07, 6.45) is 7.39. The van der Waals surface area contributed by atoms with Crippen LogP contribution in [0.1, 0.15) is 55.3 Å². The molecule has 0 aliphatic carbocycles. The number of piperidine rings is 1. The maximum absolute atomic E-state index is 12.9. The second-order valence-electron chi connectivity index (χ2n) is 10.7. The fraction of sp³-hybridized carbons (Fsp3) is 0.552. The fourth-order valence-corrected chi connectivity index (χ4v) is 6.05. The first-order valence-corrected chi connectivity index (χ1v) is 13.6. The lowest BCUT2D eigenvalue weighted by atomic mass is 9.87. The van der Waals surface area contributed by atoms with Crippen LogP contribution < -0.4 is 10.2 Å². The van der Waals surface area contributed by atoms with Crippen molar-refractivity contribution in [3.8, 4) is 0 Å². The van der Waals surface area contributed by atoms with Crippen molar-refractivity contribution in [2.45, 2.75) is 57.8 Å². The number of para-hydroxylation sites is 1. The number of benzene rings is 1. The summed E-state index contributed by atoms with van der Waals surface area (Å²) in [6.45, 7) is 4.52. The molecule has 4 heterocycles. The molecular formula is C29H38N4O3. The molecule has 3 aliphatic rings. The molecule has 1 fully saturated rings. The highest BCUT2D eigenvalue weighted by Crippen LogP contribution is 2.33. The number of likely N-dealkylation sites (tertiary alicyclic amines) is 1. The Morgan fingerprint density at radius 1 is 1.03 bits per heavy atom. The molecule has 2 aromatic rings. The Morgan fingerprint density at radius 2 is 1.86 bits per heavy atom. The van der Waals surface area contributed by atoms with Crippen molar-refractivity contribution in [2.75, 3.05) is 42.9 Å². The van der Waals surface area contributed by atoms with Crippen LogP contribution in [0.25, 0.3) is 0 Å². The predicted octanol–water partition coefficient (Wildman–Crippen LogP) is 4.15. The molecule has 1 amide bonds. The van der Waals surface area contributed by atoms with Gasteiger partial charge in [0.15, 0.2) is 0 Å². The lowest BCUT2D eigenvalue weighted by Crippen LogP contribution is -2.44. The summed E-state index contributed by atoms with van der Waals surface area (Å²) >= 11 is 0. The molecule has 1 aromatic carbocycles. The maximum atomic E-state index is 12.9. The summed E-state index contributed by atoms with van der Waals surface area (Å²) in [4.78, 5) is 33.3. The van der Waals surface area contributed by atoms with Crippen LogP contribution in [0.5, 0.6) is 0 Å². The van der Waals surface area contributed by atoms with E-state index < -0.39 is 5.97 Å². The van der Waals surface area contributed by atoms with Gasteiger partial charge < -0.3 is 20.2 Å². The number of amides is 1. The van der Waals surface area contributed by atoms with E-state index in [1.54, 1.807) is 0 Å². The van der Waals surface area contributed by atoms with Crippen LogP contribution in [0.4, 0.5) is 11.5 Å². The molecule has 2 N–H and O–H groups in total. The molecule has 0 spiro atoms. The number of carbonyl (C=O) groups excluding carboxylic acids is 1. The van der Waals surface area contributed by atoms with Gasteiger partial charge in [0.1, 0.15) is 5.82 Å². The summed E-state index contributed by atoms with van der Waals surface area (Å²) in [5, 5.41) is 12.5. The van der Waals surface area contributed by atoms with Crippen molar-refractivity contribution in [3.05, 3.63) is 53.2 Å². The molecule has 1 saturated heterocycles. The van der Waals surface area contributed by atoms with Crippen molar-refractivity contribution in [3.63, 3.8) is 0 Å². The predicted molar refractivity (Wildman–Crippen MR) is 141 cm³/mol. The average molecular weight is 491 g/mol. The van der Waals surface area contributed by atoms with E-state index in [9.17, 15) is 9.59 Å². The Hall–Kier alpha value is -3.09. The number of carbonyl (C=O) groups is 2. The molecular weight excluding hydrogens is 452 g/mol. The van der Waals surface area contributed by atoms with Gasteiger partial charge in [0, 0.05) is 56.9 Å². The van der Waals surface area contributed by atoms with E-state index in [1.165, 1.54) is 16.8 Å². The second kappa shape index (κ2) is 11.3. The number of carboxylic acid groups (broad SMARTS) is 1. The molecule has 0 saturated carbocycles. The molecule has 1 atom stereocenters. The second-order valence-corrected chi connectivity index (χ2v) is 10.7. The van der Waals surface area contributed by atoms with Gasteiger partial charge in [-0.2, -0.15) is 0 Å². The standard InChI is InChI=1S/C29H38N4O3/c34-27(11-10-25-9-8-23-5-3-15-30-29(23)31-25)32-16-13-21(14-17-32)19-33-20-22(7-12-28(35)36)18-24-4-1-2-6-26(24)33/h1-2,4,6,8-9,21-22H,3,5,7,10-20H2,(H,30,31)(H,35,36). The number of hydrogen-bond acceptors (Lipinski definition) is 5. The van der Waals surface area contributed by atoms with Crippen LogP contribution in [-0.4, -0.2) is 59.6 Å². The lowest BCUT2D eigenvalue weighted by molar-refractivity contribution is -0.137. The first-order valence-electron chi connectivity index (χ1n) is 13.6. The lowest BCUT2D eigenvalue weighted by Gasteiger charge is -2.40. The molecule has 1 unspecified atom stereocenters. The third kappa shape index (κ3) is 6.00. The number of hydrogen-bond donors (Lipinski definition) is 2. The van der Waals surface area contributed by atoms with E-state index in [2.05, 4.69) is 46.6 Å². The third-order valence-corrected chi connectivity index (χ3v) is 8.08. The van der Waals surface area contributed by atoms with E-state index in [0.29, 0.717) is 24.7 Å². The molecule has 5 rings (SSSR count). The van der Waals surface area contributed by atoms with Gasteiger partial charge in [0.05, 0.1) is 0 Å². The number of aliphatic carboxylic acids is 1. The molecule has 7 nitrogen and oxygen atoms in total. The number of nitrogens with one attached hydrogen (secondary N) is 1. The van der Waals surface area contributed by atoms with Crippen LogP contribution in [0, 0.1) is 11.8 Å². The number of aryl methyl sites for hydroxylation is 2. The minimum Gasteiger partial charge on any atom is -0.481 e. The Kier molecular flexibility index (Phi) is 7.73. The minimum absolute atomic E-state index is 0.234. The number of pyridine rings is 1. The molecule has 3 aliphatic heterocycles. The number of fused-ring (bicyclic) bond motifs is 2. The first kappa shape index (κ1) is 24.6. The van der Waals surface area contributed by atoms with Gasteiger partial charge in [0.25, 0.3) is 0 Å². The summed E-state index contributed by atoms with van der Waals surface area (Å²) in [7, 11) is 0. The highest BCUT2D eigenvalue weighted by Gasteiger charge is 2.29. The number of rotatable bonds is 8. The third-order valence-electron chi connectivity index (χ3n) is 8.08.